The SMILES string of the molecule is CN(C)C(=O)c1ccc(C(=O)N2CCCC(CNC(=O)C3CCCN3)C2)cc1.Cl. The molecule has 29 heavy (non-hydrogen) atoms. The molecule has 2 unspecified atom stereocenters. The molecule has 0 aromatic heterocycles. The van der Waals surface area contributed by atoms with Crippen molar-refractivity contribution in [1.29, 1.82) is 0 Å². The number of hydrogen-bond donors (Lipinski definition) is 2. The summed E-state index contributed by atoms with van der Waals surface area (Å²) in [6, 6.07) is 6.77. The van der Waals surface area contributed by atoms with E-state index in [0.29, 0.717) is 24.2 Å². The molecule has 8 heteroatoms. The van der Waals surface area contributed by atoms with Gasteiger partial charge in [-0.3, -0.25) is 14.4 Å². The van der Waals surface area contributed by atoms with Gasteiger partial charge in [0.05, 0.1) is 6.04 Å². The second-order valence-corrected chi connectivity index (χ2v) is 7.93. The minimum atomic E-state index is -0.0791. The maximum absolute atomic E-state index is 12.8. The third-order valence-corrected chi connectivity index (χ3v) is 5.53. The first-order chi connectivity index (χ1) is 13.5. The number of likely N-dealkylation sites (tertiary alicyclic amines) is 1. The first-order valence-electron chi connectivity index (χ1n) is 10.1. The van der Waals surface area contributed by atoms with Gasteiger partial charge in [-0.25, -0.2) is 0 Å². The first-order valence-corrected chi connectivity index (χ1v) is 10.1. The Morgan fingerprint density at radius 3 is 2.41 bits per heavy atom. The Hall–Kier alpha value is -2.12. The summed E-state index contributed by atoms with van der Waals surface area (Å²) >= 11 is 0. The second-order valence-electron chi connectivity index (χ2n) is 7.93. The molecular weight excluding hydrogens is 392 g/mol. The third-order valence-electron chi connectivity index (χ3n) is 5.53. The zero-order valence-electron chi connectivity index (χ0n) is 17.1. The monoisotopic (exact) mass is 422 g/mol. The summed E-state index contributed by atoms with van der Waals surface area (Å²) in [5.41, 5.74) is 1.16. The van der Waals surface area contributed by atoms with Crippen LogP contribution in [0.1, 0.15) is 46.4 Å². The Morgan fingerprint density at radius 1 is 1.10 bits per heavy atom. The van der Waals surface area contributed by atoms with Crippen LogP contribution < -0.4 is 10.6 Å². The van der Waals surface area contributed by atoms with E-state index >= 15 is 0 Å². The Balaban J connectivity index is 0.00000300. The quantitative estimate of drug-likeness (QED) is 0.754. The molecule has 2 aliphatic heterocycles. The molecule has 2 fully saturated rings. The van der Waals surface area contributed by atoms with Gasteiger partial charge < -0.3 is 20.4 Å². The van der Waals surface area contributed by atoms with E-state index in [0.717, 1.165) is 38.8 Å². The molecular formula is C21H31ClN4O3. The lowest BCUT2D eigenvalue weighted by molar-refractivity contribution is -0.123. The zero-order chi connectivity index (χ0) is 20.1. The summed E-state index contributed by atoms with van der Waals surface area (Å²) in [6.45, 7) is 2.89. The van der Waals surface area contributed by atoms with E-state index in [4.69, 9.17) is 0 Å². The molecule has 2 aliphatic rings. The number of nitrogens with one attached hydrogen (secondary N) is 2. The summed E-state index contributed by atoms with van der Waals surface area (Å²) < 4.78 is 0. The fourth-order valence-electron chi connectivity index (χ4n) is 3.89. The van der Waals surface area contributed by atoms with Crippen molar-refractivity contribution in [3.63, 3.8) is 0 Å². The van der Waals surface area contributed by atoms with E-state index in [1.54, 1.807) is 38.4 Å². The minimum Gasteiger partial charge on any atom is -0.354 e. The van der Waals surface area contributed by atoms with Crippen LogP contribution in [0.4, 0.5) is 0 Å². The Morgan fingerprint density at radius 2 is 1.79 bits per heavy atom. The van der Waals surface area contributed by atoms with Gasteiger partial charge in [-0.1, -0.05) is 0 Å². The Labute approximate surface area is 178 Å². The number of carbonyl (C=O) groups excluding carboxylic acids is 3. The molecule has 3 amide bonds. The molecule has 2 saturated heterocycles. The van der Waals surface area contributed by atoms with E-state index in [1.165, 1.54) is 4.90 Å². The number of piperidine rings is 1. The van der Waals surface area contributed by atoms with E-state index in [2.05, 4.69) is 10.6 Å². The van der Waals surface area contributed by atoms with Crippen LogP contribution in [-0.4, -0.2) is 73.8 Å². The highest BCUT2D eigenvalue weighted by Gasteiger charge is 2.27. The van der Waals surface area contributed by atoms with Gasteiger partial charge >= 0.3 is 0 Å². The normalized spacial score (nSPS) is 21.2. The van der Waals surface area contributed by atoms with Crippen LogP contribution in [0.5, 0.6) is 0 Å². The highest BCUT2D eigenvalue weighted by atomic mass is 35.5. The second kappa shape index (κ2) is 10.6. The van der Waals surface area contributed by atoms with Crippen molar-refractivity contribution in [3.05, 3.63) is 35.4 Å². The first kappa shape index (κ1) is 23.2. The fourth-order valence-corrected chi connectivity index (χ4v) is 3.89. The molecule has 0 spiro atoms. The van der Waals surface area contributed by atoms with Crippen molar-refractivity contribution in [2.45, 2.75) is 31.7 Å². The van der Waals surface area contributed by atoms with Gasteiger partial charge in [-0.2, -0.15) is 0 Å². The molecule has 160 valence electrons. The molecule has 2 heterocycles. The third kappa shape index (κ3) is 5.93. The van der Waals surface area contributed by atoms with Crippen molar-refractivity contribution < 1.29 is 14.4 Å². The van der Waals surface area contributed by atoms with Crippen molar-refractivity contribution in [1.82, 2.24) is 20.4 Å². The van der Waals surface area contributed by atoms with Gasteiger partial charge in [0.2, 0.25) is 5.91 Å². The predicted molar refractivity (Wildman–Crippen MR) is 114 cm³/mol. The lowest BCUT2D eigenvalue weighted by Gasteiger charge is -2.33. The average molecular weight is 423 g/mol. The predicted octanol–water partition coefficient (Wildman–Crippen LogP) is 1.53. The van der Waals surface area contributed by atoms with Gasteiger partial charge in [0.1, 0.15) is 0 Å². The van der Waals surface area contributed by atoms with E-state index in [9.17, 15) is 14.4 Å². The van der Waals surface area contributed by atoms with E-state index in [-0.39, 0.29) is 42.1 Å². The highest BCUT2D eigenvalue weighted by Crippen LogP contribution is 2.19. The van der Waals surface area contributed by atoms with Crippen molar-refractivity contribution >= 4 is 30.1 Å². The van der Waals surface area contributed by atoms with Crippen LogP contribution in [0.25, 0.3) is 0 Å². The maximum Gasteiger partial charge on any atom is 0.253 e. The average Bonchev–Trinajstić information content (AvgIpc) is 3.26. The molecule has 0 saturated carbocycles. The smallest absolute Gasteiger partial charge is 0.253 e. The number of rotatable bonds is 5. The molecule has 2 N–H and O–H groups in total. The summed E-state index contributed by atoms with van der Waals surface area (Å²) in [7, 11) is 3.41. The fraction of sp³-hybridized carbons (Fsp3) is 0.571. The molecule has 0 radical (unpaired) electrons. The van der Waals surface area contributed by atoms with Crippen LogP contribution in [0.2, 0.25) is 0 Å². The van der Waals surface area contributed by atoms with Crippen molar-refractivity contribution in [2.75, 3.05) is 40.3 Å². The number of hydrogen-bond acceptors (Lipinski definition) is 4. The molecule has 0 aliphatic carbocycles. The summed E-state index contributed by atoms with van der Waals surface area (Å²) in [4.78, 5) is 40.4. The van der Waals surface area contributed by atoms with E-state index in [1.807, 2.05) is 4.90 Å². The van der Waals surface area contributed by atoms with Crippen molar-refractivity contribution in [3.8, 4) is 0 Å². The topological polar surface area (TPSA) is 81.8 Å². The van der Waals surface area contributed by atoms with Gasteiger partial charge in [0.25, 0.3) is 11.8 Å². The lowest BCUT2D eigenvalue weighted by Crippen LogP contribution is -2.46. The number of amides is 3. The van der Waals surface area contributed by atoms with Gasteiger partial charge in [0.15, 0.2) is 0 Å². The van der Waals surface area contributed by atoms with Crippen LogP contribution in [0, 0.1) is 5.92 Å². The molecule has 2 atom stereocenters. The van der Waals surface area contributed by atoms with Crippen LogP contribution in [-0.2, 0) is 4.79 Å². The highest BCUT2D eigenvalue weighted by molar-refractivity contribution is 5.97. The van der Waals surface area contributed by atoms with Gasteiger partial charge in [0, 0.05) is 44.9 Å². The molecule has 0 bridgehead atoms. The number of halogens is 1. The Kier molecular flexibility index (Phi) is 8.46. The standard InChI is InChI=1S/C21H30N4O3.ClH/c1-24(2)20(27)16-7-9-17(10-8-16)21(28)25-12-4-5-15(14-25)13-23-19(26)18-6-3-11-22-18;/h7-10,15,18,22H,3-6,11-14H2,1-2H3,(H,23,26);1H. The van der Waals surface area contributed by atoms with Crippen molar-refractivity contribution in [2.24, 2.45) is 5.92 Å². The minimum absolute atomic E-state index is 0. The Bertz CT molecular complexity index is 717. The summed E-state index contributed by atoms with van der Waals surface area (Å²) in [5, 5.41) is 6.25. The molecule has 7 nitrogen and oxygen atoms in total. The van der Waals surface area contributed by atoms with Crippen LogP contribution in [0.15, 0.2) is 24.3 Å². The summed E-state index contributed by atoms with van der Waals surface area (Å²) in [5.74, 6) is 0.251. The number of nitrogens with zero attached hydrogens (tertiary/aromatic N) is 2. The van der Waals surface area contributed by atoms with Crippen LogP contribution >= 0.6 is 12.4 Å². The van der Waals surface area contributed by atoms with E-state index < -0.39 is 0 Å². The lowest BCUT2D eigenvalue weighted by atomic mass is 9.97. The summed E-state index contributed by atoms with van der Waals surface area (Å²) in [6.07, 6.45) is 3.89. The maximum atomic E-state index is 12.8. The van der Waals surface area contributed by atoms with Crippen LogP contribution in [0.3, 0.4) is 0 Å². The molecule has 3 rings (SSSR count). The molecule has 1 aromatic carbocycles. The van der Waals surface area contributed by atoms with Gasteiger partial charge in [-0.05, 0) is 62.4 Å². The largest absolute Gasteiger partial charge is 0.354 e. The molecule has 1 aromatic rings. The van der Waals surface area contributed by atoms with Gasteiger partial charge in [-0.15, -0.1) is 12.4 Å². The number of benzene rings is 1. The zero-order valence-corrected chi connectivity index (χ0v) is 18.0. The number of carbonyl (C=O) groups is 3.